The van der Waals surface area contributed by atoms with Crippen molar-refractivity contribution >= 4 is 17.5 Å². The number of ether oxygens (including phenoxy) is 2. The SMILES string of the molecule is COc1ccc2c(c1)OC(C)(C)C[C@H]2NC(=O)[C@H]1CCCN(Cc2ccccc2Cl)C1. The van der Waals surface area contributed by atoms with Gasteiger partial charge in [-0.25, -0.2) is 0 Å². The van der Waals surface area contributed by atoms with Crippen molar-refractivity contribution in [1.29, 1.82) is 0 Å². The van der Waals surface area contributed by atoms with E-state index in [1.165, 1.54) is 0 Å². The monoisotopic (exact) mass is 442 g/mol. The van der Waals surface area contributed by atoms with Gasteiger partial charge in [-0.3, -0.25) is 9.69 Å². The Morgan fingerprint density at radius 2 is 2.10 bits per heavy atom. The molecule has 5 nitrogen and oxygen atoms in total. The van der Waals surface area contributed by atoms with Gasteiger partial charge in [-0.2, -0.15) is 0 Å². The first-order valence-electron chi connectivity index (χ1n) is 11.0. The number of halogens is 1. The number of nitrogens with one attached hydrogen (secondary N) is 1. The summed E-state index contributed by atoms with van der Waals surface area (Å²) in [4.78, 5) is 15.6. The van der Waals surface area contributed by atoms with Crippen molar-refractivity contribution in [2.75, 3.05) is 20.2 Å². The van der Waals surface area contributed by atoms with E-state index in [4.69, 9.17) is 21.1 Å². The second-order valence-electron chi connectivity index (χ2n) is 9.20. The minimum atomic E-state index is -0.361. The lowest BCUT2D eigenvalue weighted by molar-refractivity contribution is -0.128. The lowest BCUT2D eigenvalue weighted by atomic mass is 9.88. The Labute approximate surface area is 189 Å². The van der Waals surface area contributed by atoms with Crippen molar-refractivity contribution in [3.05, 3.63) is 58.6 Å². The number of likely N-dealkylation sites (tertiary alicyclic amines) is 1. The quantitative estimate of drug-likeness (QED) is 0.709. The van der Waals surface area contributed by atoms with Gasteiger partial charge in [0, 0.05) is 36.2 Å². The zero-order valence-electron chi connectivity index (χ0n) is 18.5. The van der Waals surface area contributed by atoms with Crippen LogP contribution in [-0.4, -0.2) is 36.6 Å². The van der Waals surface area contributed by atoms with E-state index >= 15 is 0 Å². The number of carbonyl (C=O) groups excluding carboxylic acids is 1. The molecule has 0 saturated carbocycles. The summed E-state index contributed by atoms with van der Waals surface area (Å²) >= 11 is 6.34. The van der Waals surface area contributed by atoms with Crippen molar-refractivity contribution in [2.24, 2.45) is 5.92 Å². The maximum atomic E-state index is 13.2. The number of nitrogens with zero attached hydrogens (tertiary/aromatic N) is 1. The van der Waals surface area contributed by atoms with Crippen molar-refractivity contribution in [3.63, 3.8) is 0 Å². The average molecular weight is 443 g/mol. The molecule has 0 aromatic heterocycles. The highest BCUT2D eigenvalue weighted by atomic mass is 35.5. The second-order valence-corrected chi connectivity index (χ2v) is 9.60. The number of benzene rings is 2. The van der Waals surface area contributed by atoms with Gasteiger partial charge in [-0.05, 0) is 57.0 Å². The molecular formula is C25H31ClN2O3. The van der Waals surface area contributed by atoms with E-state index in [9.17, 15) is 4.79 Å². The van der Waals surface area contributed by atoms with Crippen LogP contribution in [0, 0.1) is 5.92 Å². The predicted molar refractivity (Wildman–Crippen MR) is 123 cm³/mol. The van der Waals surface area contributed by atoms with Gasteiger partial charge in [0.1, 0.15) is 17.1 Å². The molecule has 31 heavy (non-hydrogen) atoms. The maximum absolute atomic E-state index is 13.2. The third-order valence-electron chi connectivity index (χ3n) is 6.22. The molecule has 1 saturated heterocycles. The van der Waals surface area contributed by atoms with Crippen LogP contribution in [0.15, 0.2) is 42.5 Å². The summed E-state index contributed by atoms with van der Waals surface area (Å²) in [6.45, 7) is 6.62. The molecule has 2 aromatic carbocycles. The summed E-state index contributed by atoms with van der Waals surface area (Å²) in [5, 5.41) is 4.10. The number of piperidine rings is 1. The molecule has 166 valence electrons. The Kier molecular flexibility index (Phi) is 6.44. The molecule has 2 aromatic rings. The lowest BCUT2D eigenvalue weighted by Gasteiger charge is -2.39. The fourth-order valence-corrected chi connectivity index (χ4v) is 4.85. The normalized spacial score (nSPS) is 22.8. The Morgan fingerprint density at radius 1 is 1.29 bits per heavy atom. The van der Waals surface area contributed by atoms with Crippen LogP contribution >= 0.6 is 11.6 Å². The first-order chi connectivity index (χ1) is 14.8. The topological polar surface area (TPSA) is 50.8 Å². The highest BCUT2D eigenvalue weighted by Gasteiger charge is 2.36. The number of amides is 1. The van der Waals surface area contributed by atoms with Crippen LogP contribution in [0.3, 0.4) is 0 Å². The Balaban J connectivity index is 1.44. The van der Waals surface area contributed by atoms with E-state index in [0.29, 0.717) is 0 Å². The van der Waals surface area contributed by atoms with Crippen LogP contribution in [-0.2, 0) is 11.3 Å². The number of hydrogen-bond donors (Lipinski definition) is 1. The predicted octanol–water partition coefficient (Wildman–Crippen LogP) is 4.98. The summed E-state index contributed by atoms with van der Waals surface area (Å²) in [6, 6.07) is 13.7. The molecule has 0 aliphatic carbocycles. The highest BCUT2D eigenvalue weighted by Crippen LogP contribution is 2.41. The van der Waals surface area contributed by atoms with Crippen molar-refractivity contribution in [1.82, 2.24) is 10.2 Å². The molecule has 0 radical (unpaired) electrons. The Hall–Kier alpha value is -2.24. The lowest BCUT2D eigenvalue weighted by Crippen LogP contribution is -2.46. The largest absolute Gasteiger partial charge is 0.497 e. The average Bonchev–Trinajstić information content (AvgIpc) is 2.74. The van der Waals surface area contributed by atoms with Crippen LogP contribution in [0.4, 0.5) is 0 Å². The summed E-state index contributed by atoms with van der Waals surface area (Å²) in [6.07, 6.45) is 2.65. The molecule has 2 aliphatic heterocycles. The number of carbonyl (C=O) groups is 1. The number of rotatable bonds is 5. The van der Waals surface area contributed by atoms with Gasteiger partial charge in [0.2, 0.25) is 5.91 Å². The van der Waals surface area contributed by atoms with Gasteiger partial charge in [0.25, 0.3) is 0 Å². The van der Waals surface area contributed by atoms with Crippen LogP contribution in [0.1, 0.15) is 50.3 Å². The molecular weight excluding hydrogens is 412 g/mol. The van der Waals surface area contributed by atoms with E-state index < -0.39 is 0 Å². The first-order valence-corrected chi connectivity index (χ1v) is 11.4. The van der Waals surface area contributed by atoms with Crippen LogP contribution < -0.4 is 14.8 Å². The minimum absolute atomic E-state index is 0.0242. The molecule has 0 bridgehead atoms. The summed E-state index contributed by atoms with van der Waals surface area (Å²) < 4.78 is 11.5. The molecule has 4 rings (SSSR count). The van der Waals surface area contributed by atoms with Gasteiger partial charge in [0.05, 0.1) is 19.1 Å². The molecule has 2 aliphatic rings. The Morgan fingerprint density at radius 3 is 2.87 bits per heavy atom. The molecule has 0 spiro atoms. The molecule has 2 heterocycles. The number of fused-ring (bicyclic) bond motifs is 1. The maximum Gasteiger partial charge on any atom is 0.224 e. The summed E-state index contributed by atoms with van der Waals surface area (Å²) in [7, 11) is 1.65. The second kappa shape index (κ2) is 9.09. The van der Waals surface area contributed by atoms with Crippen LogP contribution in [0.25, 0.3) is 0 Å². The van der Waals surface area contributed by atoms with Gasteiger partial charge in [0.15, 0.2) is 0 Å². The van der Waals surface area contributed by atoms with E-state index in [-0.39, 0.29) is 23.5 Å². The standard InChI is InChI=1S/C25H31ClN2O3/c1-25(2)14-22(20-11-10-19(30-3)13-23(20)31-25)27-24(29)18-8-6-12-28(16-18)15-17-7-4-5-9-21(17)26/h4-5,7,9-11,13,18,22H,6,8,12,14-16H2,1-3H3,(H,27,29)/t18-,22+/m0/s1. The van der Waals surface area contributed by atoms with Gasteiger partial charge in [-0.1, -0.05) is 29.8 Å². The molecule has 2 atom stereocenters. The van der Waals surface area contributed by atoms with E-state index in [2.05, 4.69) is 30.1 Å². The molecule has 0 unspecified atom stereocenters. The molecule has 6 heteroatoms. The van der Waals surface area contributed by atoms with Crippen LogP contribution in [0.5, 0.6) is 11.5 Å². The Bertz CT molecular complexity index is 946. The molecule has 1 N–H and O–H groups in total. The van der Waals surface area contributed by atoms with Gasteiger partial charge >= 0.3 is 0 Å². The first kappa shape index (κ1) is 22.0. The number of hydrogen-bond acceptors (Lipinski definition) is 4. The van der Waals surface area contributed by atoms with Crippen molar-refractivity contribution in [3.8, 4) is 11.5 Å². The third kappa shape index (κ3) is 5.16. The van der Waals surface area contributed by atoms with Gasteiger partial charge < -0.3 is 14.8 Å². The third-order valence-corrected chi connectivity index (χ3v) is 6.59. The smallest absolute Gasteiger partial charge is 0.224 e. The van der Waals surface area contributed by atoms with Gasteiger partial charge in [-0.15, -0.1) is 0 Å². The van der Waals surface area contributed by atoms with Crippen molar-refractivity contribution in [2.45, 2.75) is 51.3 Å². The summed E-state index contributed by atoms with van der Waals surface area (Å²) in [5.74, 6) is 1.63. The summed E-state index contributed by atoms with van der Waals surface area (Å²) in [5.41, 5.74) is 1.76. The fourth-order valence-electron chi connectivity index (χ4n) is 4.66. The minimum Gasteiger partial charge on any atom is -0.497 e. The molecule has 1 amide bonds. The highest BCUT2D eigenvalue weighted by molar-refractivity contribution is 6.31. The van der Waals surface area contributed by atoms with Crippen molar-refractivity contribution < 1.29 is 14.3 Å². The zero-order chi connectivity index (χ0) is 22.0. The zero-order valence-corrected chi connectivity index (χ0v) is 19.2. The molecule has 1 fully saturated rings. The fraction of sp³-hybridized carbons (Fsp3) is 0.480. The number of methoxy groups -OCH3 is 1. The van der Waals surface area contributed by atoms with E-state index in [1.807, 2.05) is 36.4 Å². The van der Waals surface area contributed by atoms with E-state index in [1.54, 1.807) is 7.11 Å². The van der Waals surface area contributed by atoms with E-state index in [0.717, 1.165) is 66.5 Å². The van der Waals surface area contributed by atoms with Crippen LogP contribution in [0.2, 0.25) is 5.02 Å².